The van der Waals surface area contributed by atoms with Crippen molar-refractivity contribution in [2.75, 3.05) is 6.54 Å². The summed E-state index contributed by atoms with van der Waals surface area (Å²) in [6.45, 7) is 6.13. The van der Waals surface area contributed by atoms with E-state index in [4.69, 9.17) is 5.11 Å². The lowest BCUT2D eigenvalue weighted by Gasteiger charge is -2.10. The highest BCUT2D eigenvalue weighted by Crippen LogP contribution is 2.13. The van der Waals surface area contributed by atoms with Crippen LogP contribution in [0, 0.1) is 5.92 Å². The van der Waals surface area contributed by atoms with Crippen LogP contribution >= 0.6 is 0 Å². The van der Waals surface area contributed by atoms with Crippen molar-refractivity contribution in [3.8, 4) is 0 Å². The number of aliphatic carboxylic acids is 1. The molecular weight excluding hydrogens is 242 g/mol. The number of carbonyl (C=O) groups is 2. The molecule has 1 rings (SSSR count). The summed E-state index contributed by atoms with van der Waals surface area (Å²) in [7, 11) is 0. The molecule has 1 aromatic carbocycles. The van der Waals surface area contributed by atoms with Crippen LogP contribution in [-0.2, 0) is 4.79 Å². The molecule has 0 spiro atoms. The average Bonchev–Trinajstić information content (AvgIpc) is 2.36. The lowest BCUT2D eigenvalue weighted by molar-refractivity contribution is -0.132. The van der Waals surface area contributed by atoms with Gasteiger partial charge in [-0.2, -0.15) is 0 Å². The van der Waals surface area contributed by atoms with Crippen LogP contribution in [0.25, 0.3) is 6.08 Å². The maximum absolute atomic E-state index is 12.0. The largest absolute Gasteiger partial charge is 0.478 e. The minimum absolute atomic E-state index is 0.182. The van der Waals surface area contributed by atoms with E-state index >= 15 is 0 Å². The van der Waals surface area contributed by atoms with Gasteiger partial charge in [0.15, 0.2) is 0 Å². The molecule has 0 aromatic heterocycles. The first-order valence-electron chi connectivity index (χ1n) is 6.20. The Labute approximate surface area is 113 Å². The van der Waals surface area contributed by atoms with Gasteiger partial charge in [-0.15, -0.1) is 0 Å². The van der Waals surface area contributed by atoms with Crippen molar-refractivity contribution >= 4 is 18.0 Å². The normalized spacial score (nSPS) is 11.5. The summed E-state index contributed by atoms with van der Waals surface area (Å²) >= 11 is 0. The summed E-state index contributed by atoms with van der Waals surface area (Å²) in [5, 5.41) is 11.7. The molecule has 0 saturated heterocycles. The molecule has 4 heteroatoms. The molecule has 0 heterocycles. The van der Waals surface area contributed by atoms with Gasteiger partial charge in [-0.3, -0.25) is 4.79 Å². The molecule has 0 aliphatic heterocycles. The Morgan fingerprint density at radius 1 is 1.32 bits per heavy atom. The maximum atomic E-state index is 12.0. The van der Waals surface area contributed by atoms with Gasteiger partial charge in [-0.25, -0.2) is 4.79 Å². The van der Waals surface area contributed by atoms with E-state index in [1.807, 2.05) is 13.8 Å². The number of carboxylic acids is 1. The van der Waals surface area contributed by atoms with Crippen molar-refractivity contribution < 1.29 is 14.7 Å². The minimum atomic E-state index is -0.989. The number of carbonyl (C=O) groups excluding carboxylic acids is 1. The molecule has 4 nitrogen and oxygen atoms in total. The molecular formula is C15H19NO3. The smallest absolute Gasteiger partial charge is 0.331 e. The number of rotatable bonds is 5. The molecule has 102 valence electrons. The Hall–Kier alpha value is -2.10. The fraction of sp³-hybridized carbons (Fsp3) is 0.333. The summed E-state index contributed by atoms with van der Waals surface area (Å²) in [4.78, 5) is 22.9. The second-order valence-corrected chi connectivity index (χ2v) is 4.82. The van der Waals surface area contributed by atoms with Gasteiger partial charge in [0.25, 0.3) is 5.91 Å². The first-order valence-corrected chi connectivity index (χ1v) is 6.20. The Bertz CT molecular complexity index is 504. The van der Waals surface area contributed by atoms with Crippen LogP contribution in [0.15, 0.2) is 29.8 Å². The SMILES string of the molecule is CC(=Cc1ccccc1C(=O)NCC(C)C)C(=O)O. The summed E-state index contributed by atoms with van der Waals surface area (Å²) in [5.74, 6) is -0.802. The minimum Gasteiger partial charge on any atom is -0.478 e. The van der Waals surface area contributed by atoms with Crippen molar-refractivity contribution in [2.24, 2.45) is 5.92 Å². The fourth-order valence-electron chi connectivity index (χ4n) is 1.52. The molecule has 1 amide bonds. The van der Waals surface area contributed by atoms with Crippen LogP contribution in [0.1, 0.15) is 36.7 Å². The summed E-state index contributed by atoms with van der Waals surface area (Å²) in [5.41, 5.74) is 1.30. The molecule has 0 fully saturated rings. The molecule has 0 unspecified atom stereocenters. The van der Waals surface area contributed by atoms with Crippen LogP contribution in [0.3, 0.4) is 0 Å². The molecule has 0 atom stereocenters. The van der Waals surface area contributed by atoms with Crippen LogP contribution in [0.2, 0.25) is 0 Å². The molecule has 19 heavy (non-hydrogen) atoms. The first kappa shape index (κ1) is 15.0. The zero-order chi connectivity index (χ0) is 14.4. The molecule has 2 N–H and O–H groups in total. The van der Waals surface area contributed by atoms with E-state index in [0.717, 1.165) is 0 Å². The molecule has 0 saturated carbocycles. The third-order valence-corrected chi connectivity index (χ3v) is 2.59. The summed E-state index contributed by atoms with van der Waals surface area (Å²) in [6.07, 6.45) is 1.51. The first-order chi connectivity index (χ1) is 8.91. The predicted molar refractivity (Wildman–Crippen MR) is 74.9 cm³/mol. The standard InChI is InChI=1S/C15H19NO3/c1-10(2)9-16-14(17)13-7-5-4-6-12(13)8-11(3)15(18)19/h4-8,10H,9H2,1-3H3,(H,16,17)(H,18,19). The van der Waals surface area contributed by atoms with Gasteiger partial charge in [0.1, 0.15) is 0 Å². The van der Waals surface area contributed by atoms with Crippen molar-refractivity contribution in [3.63, 3.8) is 0 Å². The number of hydrogen-bond acceptors (Lipinski definition) is 2. The van der Waals surface area contributed by atoms with Crippen molar-refractivity contribution in [3.05, 3.63) is 41.0 Å². The molecule has 0 aliphatic carbocycles. The number of hydrogen-bond donors (Lipinski definition) is 2. The van der Waals surface area contributed by atoms with Crippen molar-refractivity contribution in [2.45, 2.75) is 20.8 Å². The van der Waals surface area contributed by atoms with Crippen molar-refractivity contribution in [1.29, 1.82) is 0 Å². The topological polar surface area (TPSA) is 66.4 Å². The summed E-state index contributed by atoms with van der Waals surface area (Å²) in [6, 6.07) is 6.96. The van der Waals surface area contributed by atoms with Gasteiger partial charge in [0.05, 0.1) is 0 Å². The predicted octanol–water partition coefficient (Wildman–Crippen LogP) is 2.56. The highest BCUT2D eigenvalue weighted by Gasteiger charge is 2.10. The Morgan fingerprint density at radius 2 is 1.95 bits per heavy atom. The average molecular weight is 261 g/mol. The van der Waals surface area contributed by atoms with E-state index in [9.17, 15) is 9.59 Å². The van der Waals surface area contributed by atoms with E-state index in [-0.39, 0.29) is 11.5 Å². The van der Waals surface area contributed by atoms with Crippen LogP contribution < -0.4 is 5.32 Å². The van der Waals surface area contributed by atoms with Gasteiger partial charge in [-0.1, -0.05) is 32.0 Å². The van der Waals surface area contributed by atoms with Crippen LogP contribution in [0.4, 0.5) is 0 Å². The highest BCUT2D eigenvalue weighted by molar-refractivity contribution is 6.00. The van der Waals surface area contributed by atoms with E-state index in [1.54, 1.807) is 24.3 Å². The Kier molecular flexibility index (Phi) is 5.30. The zero-order valence-corrected chi connectivity index (χ0v) is 11.4. The maximum Gasteiger partial charge on any atom is 0.331 e. The lowest BCUT2D eigenvalue weighted by Crippen LogP contribution is -2.27. The van der Waals surface area contributed by atoms with Crippen LogP contribution in [-0.4, -0.2) is 23.5 Å². The number of nitrogens with one attached hydrogen (secondary N) is 1. The Morgan fingerprint density at radius 3 is 2.53 bits per heavy atom. The number of amides is 1. The third kappa shape index (κ3) is 4.58. The third-order valence-electron chi connectivity index (χ3n) is 2.59. The van der Waals surface area contributed by atoms with E-state index in [0.29, 0.717) is 23.6 Å². The van der Waals surface area contributed by atoms with E-state index in [2.05, 4.69) is 5.32 Å². The quantitative estimate of drug-likeness (QED) is 0.800. The second kappa shape index (κ2) is 6.73. The second-order valence-electron chi connectivity index (χ2n) is 4.82. The van der Waals surface area contributed by atoms with Crippen LogP contribution in [0.5, 0.6) is 0 Å². The van der Waals surface area contributed by atoms with Gasteiger partial charge >= 0.3 is 5.97 Å². The van der Waals surface area contributed by atoms with Gasteiger partial charge in [0, 0.05) is 17.7 Å². The monoisotopic (exact) mass is 261 g/mol. The summed E-state index contributed by atoms with van der Waals surface area (Å²) < 4.78 is 0. The molecule has 1 aromatic rings. The van der Waals surface area contributed by atoms with Gasteiger partial charge in [0.2, 0.25) is 0 Å². The molecule has 0 radical (unpaired) electrons. The van der Waals surface area contributed by atoms with Gasteiger partial charge in [-0.05, 0) is 30.5 Å². The van der Waals surface area contributed by atoms with E-state index in [1.165, 1.54) is 13.0 Å². The molecule has 0 bridgehead atoms. The molecule has 0 aliphatic rings. The fourth-order valence-corrected chi connectivity index (χ4v) is 1.52. The highest BCUT2D eigenvalue weighted by atomic mass is 16.4. The lowest BCUT2D eigenvalue weighted by atomic mass is 10.0. The number of carboxylic acid groups (broad SMARTS) is 1. The Balaban J connectivity index is 2.99. The number of benzene rings is 1. The van der Waals surface area contributed by atoms with Gasteiger partial charge < -0.3 is 10.4 Å². The van der Waals surface area contributed by atoms with E-state index < -0.39 is 5.97 Å². The zero-order valence-electron chi connectivity index (χ0n) is 11.4. The van der Waals surface area contributed by atoms with Crippen molar-refractivity contribution in [1.82, 2.24) is 5.32 Å².